The van der Waals surface area contributed by atoms with Gasteiger partial charge in [0, 0.05) is 10.6 Å². The molecular weight excluding hydrogens is 448 g/mol. The third kappa shape index (κ3) is 2.85. The highest BCUT2D eigenvalue weighted by atomic mass is 35.5. The summed E-state index contributed by atoms with van der Waals surface area (Å²) in [7, 11) is 0. The third-order valence-corrected chi connectivity index (χ3v) is 6.77. The minimum absolute atomic E-state index is 0.230. The molecular formula is C27H21ClN4O2. The van der Waals surface area contributed by atoms with Crippen molar-refractivity contribution in [3.8, 4) is 11.6 Å². The van der Waals surface area contributed by atoms with Crippen molar-refractivity contribution >= 4 is 28.9 Å². The molecule has 0 bridgehead atoms. The number of aryl methyl sites for hydroxylation is 1. The Morgan fingerprint density at radius 1 is 0.882 bits per heavy atom. The number of fused-ring (bicyclic) bond motifs is 1. The van der Waals surface area contributed by atoms with Crippen molar-refractivity contribution in [2.75, 3.05) is 5.01 Å². The van der Waals surface area contributed by atoms with Crippen molar-refractivity contribution < 1.29 is 9.53 Å². The molecule has 2 atom stereocenters. The molecule has 0 fully saturated rings. The van der Waals surface area contributed by atoms with Crippen molar-refractivity contribution in [1.29, 1.82) is 0 Å². The van der Waals surface area contributed by atoms with Crippen LogP contribution in [0.5, 0.6) is 5.88 Å². The van der Waals surface area contributed by atoms with Gasteiger partial charge in [-0.15, -0.1) is 0 Å². The number of hydrogen-bond donors (Lipinski definition) is 0. The van der Waals surface area contributed by atoms with Crippen LogP contribution in [-0.4, -0.2) is 27.0 Å². The molecule has 2 aliphatic heterocycles. The van der Waals surface area contributed by atoms with Gasteiger partial charge in [-0.05, 0) is 55.8 Å². The highest BCUT2D eigenvalue weighted by molar-refractivity contribution is 6.30. The lowest BCUT2D eigenvalue weighted by atomic mass is 9.76. The highest BCUT2D eigenvalue weighted by Gasteiger charge is 2.64. The molecule has 6 nitrogen and oxygen atoms in total. The Bertz CT molecular complexity index is 1430. The number of ether oxygens (including phenoxy) is 1. The number of hydrazone groups is 1. The van der Waals surface area contributed by atoms with Crippen molar-refractivity contribution in [2.45, 2.75) is 25.4 Å². The van der Waals surface area contributed by atoms with Crippen LogP contribution in [0.4, 0.5) is 5.69 Å². The first-order valence-electron chi connectivity index (χ1n) is 11.1. The average molecular weight is 469 g/mol. The van der Waals surface area contributed by atoms with E-state index in [4.69, 9.17) is 21.4 Å². The average Bonchev–Trinajstić information content (AvgIpc) is 3.47. The zero-order valence-corrected chi connectivity index (χ0v) is 19.4. The summed E-state index contributed by atoms with van der Waals surface area (Å²) in [6.45, 7) is 3.80. The largest absolute Gasteiger partial charge is 0.453 e. The van der Waals surface area contributed by atoms with Crippen LogP contribution in [0.2, 0.25) is 5.02 Å². The van der Waals surface area contributed by atoms with Crippen molar-refractivity contribution in [1.82, 2.24) is 9.78 Å². The molecule has 0 saturated carbocycles. The third-order valence-electron chi connectivity index (χ3n) is 6.52. The van der Waals surface area contributed by atoms with Crippen LogP contribution in [0.15, 0.2) is 90.0 Å². The molecule has 0 N–H and O–H groups in total. The quantitative estimate of drug-likeness (QED) is 0.397. The lowest BCUT2D eigenvalue weighted by Gasteiger charge is -2.30. The van der Waals surface area contributed by atoms with Crippen molar-refractivity contribution in [3.05, 3.63) is 107 Å². The lowest BCUT2D eigenvalue weighted by Crippen LogP contribution is -2.53. The molecule has 168 valence electrons. The molecule has 2 aliphatic rings. The van der Waals surface area contributed by atoms with Gasteiger partial charge in [0.1, 0.15) is 0 Å². The zero-order valence-electron chi connectivity index (χ0n) is 18.6. The van der Waals surface area contributed by atoms with Crippen LogP contribution >= 0.6 is 11.6 Å². The topological polar surface area (TPSA) is 59.7 Å². The van der Waals surface area contributed by atoms with Gasteiger partial charge in [-0.2, -0.15) is 15.2 Å². The SMILES string of the molecule is CC1=NN(c2ccccc2)C(=O)C12Oc1c(c(C)nn1-c1ccccc1)C2c1ccc(Cl)cc1. The number of benzene rings is 3. The van der Waals surface area contributed by atoms with Gasteiger partial charge in [-0.25, -0.2) is 4.68 Å². The summed E-state index contributed by atoms with van der Waals surface area (Å²) in [6.07, 6.45) is 0. The Labute approximate surface area is 202 Å². The van der Waals surface area contributed by atoms with Gasteiger partial charge in [-0.1, -0.05) is 60.1 Å². The summed E-state index contributed by atoms with van der Waals surface area (Å²) < 4.78 is 8.45. The molecule has 1 aromatic heterocycles. The fraction of sp³-hybridized carbons (Fsp3) is 0.148. The molecule has 3 heterocycles. The molecule has 3 aromatic carbocycles. The first-order valence-corrected chi connectivity index (χ1v) is 11.4. The van der Waals surface area contributed by atoms with E-state index in [1.54, 1.807) is 4.68 Å². The van der Waals surface area contributed by atoms with Gasteiger partial charge in [0.2, 0.25) is 11.5 Å². The number of hydrogen-bond acceptors (Lipinski definition) is 4. The van der Waals surface area contributed by atoms with Gasteiger partial charge in [-0.3, -0.25) is 4.79 Å². The molecule has 1 spiro atoms. The van der Waals surface area contributed by atoms with Gasteiger partial charge in [0.05, 0.1) is 28.7 Å². The minimum Gasteiger partial charge on any atom is -0.453 e. The van der Waals surface area contributed by atoms with Gasteiger partial charge in [0.25, 0.3) is 5.91 Å². The Morgan fingerprint density at radius 2 is 1.50 bits per heavy atom. The van der Waals surface area contributed by atoms with Crippen molar-refractivity contribution in [2.24, 2.45) is 5.10 Å². The second kappa shape index (κ2) is 7.57. The Hall–Kier alpha value is -3.90. The van der Waals surface area contributed by atoms with E-state index >= 15 is 0 Å². The van der Waals surface area contributed by atoms with Crippen LogP contribution in [0.25, 0.3) is 5.69 Å². The van der Waals surface area contributed by atoms with Crippen LogP contribution in [0, 0.1) is 6.92 Å². The maximum atomic E-state index is 14.1. The number of aromatic nitrogens is 2. The highest BCUT2D eigenvalue weighted by Crippen LogP contribution is 2.53. The predicted molar refractivity (Wildman–Crippen MR) is 132 cm³/mol. The summed E-state index contributed by atoms with van der Waals surface area (Å²) in [5, 5.41) is 11.5. The number of carbonyl (C=O) groups excluding carboxylic acids is 1. The van der Waals surface area contributed by atoms with Crippen molar-refractivity contribution in [3.63, 3.8) is 0 Å². The number of anilines is 1. The maximum absolute atomic E-state index is 14.1. The number of carbonyl (C=O) groups is 1. The summed E-state index contributed by atoms with van der Waals surface area (Å²) in [4.78, 5) is 14.1. The van der Waals surface area contributed by atoms with Crippen LogP contribution in [0.1, 0.15) is 29.7 Å². The van der Waals surface area contributed by atoms with E-state index in [0.29, 0.717) is 22.3 Å². The molecule has 4 aromatic rings. The first-order chi connectivity index (χ1) is 16.5. The van der Waals surface area contributed by atoms with Crippen LogP contribution in [-0.2, 0) is 4.79 Å². The summed E-state index contributed by atoms with van der Waals surface area (Å²) in [6, 6.07) is 26.7. The fourth-order valence-electron chi connectivity index (χ4n) is 4.94. The second-order valence-electron chi connectivity index (χ2n) is 8.51. The smallest absolute Gasteiger partial charge is 0.298 e. The molecule has 0 saturated heterocycles. The van der Waals surface area contributed by atoms with Gasteiger partial charge < -0.3 is 4.74 Å². The van der Waals surface area contributed by atoms with Gasteiger partial charge >= 0.3 is 0 Å². The Kier molecular flexibility index (Phi) is 4.61. The zero-order chi connectivity index (χ0) is 23.4. The molecule has 34 heavy (non-hydrogen) atoms. The number of amides is 1. The normalized spacial score (nSPS) is 21.0. The van der Waals surface area contributed by atoms with E-state index < -0.39 is 11.5 Å². The van der Waals surface area contributed by atoms with E-state index in [9.17, 15) is 4.79 Å². The monoisotopic (exact) mass is 468 g/mol. The van der Waals surface area contributed by atoms with E-state index in [0.717, 1.165) is 22.5 Å². The van der Waals surface area contributed by atoms with E-state index in [2.05, 4.69) is 5.10 Å². The lowest BCUT2D eigenvalue weighted by molar-refractivity contribution is -0.127. The van der Waals surface area contributed by atoms with Gasteiger partial charge in [0.15, 0.2) is 0 Å². The van der Waals surface area contributed by atoms with E-state index in [1.807, 2.05) is 98.8 Å². The number of nitrogens with zero attached hydrogens (tertiary/aromatic N) is 4. The van der Waals surface area contributed by atoms with E-state index in [-0.39, 0.29) is 5.91 Å². The molecule has 1 amide bonds. The molecule has 7 heteroatoms. The van der Waals surface area contributed by atoms with Crippen LogP contribution in [0.3, 0.4) is 0 Å². The molecule has 6 rings (SSSR count). The summed E-state index contributed by atoms with van der Waals surface area (Å²) in [5.41, 5.74) is 3.42. The number of halogens is 1. The molecule has 2 unspecified atom stereocenters. The maximum Gasteiger partial charge on any atom is 0.298 e. The van der Waals surface area contributed by atoms with Crippen LogP contribution < -0.4 is 9.75 Å². The first kappa shape index (κ1) is 20.7. The Balaban J connectivity index is 1.57. The standard InChI is InChI=1S/C27H21ClN4O2/c1-17-23-24(19-13-15-20(28)16-14-19)27(34-25(23)31(29-17)21-9-5-3-6-10-21)18(2)30-32(26(27)33)22-11-7-4-8-12-22/h3-16,24H,1-2H3. The number of para-hydroxylation sites is 2. The second-order valence-corrected chi connectivity index (χ2v) is 8.95. The molecule has 0 radical (unpaired) electrons. The number of rotatable bonds is 3. The van der Waals surface area contributed by atoms with E-state index in [1.165, 1.54) is 5.01 Å². The fourth-order valence-corrected chi connectivity index (χ4v) is 5.07. The summed E-state index contributed by atoms with van der Waals surface area (Å²) >= 11 is 6.20. The predicted octanol–water partition coefficient (Wildman–Crippen LogP) is 5.52. The molecule has 0 aliphatic carbocycles. The summed E-state index contributed by atoms with van der Waals surface area (Å²) in [5.74, 6) is -0.102. The Morgan fingerprint density at radius 3 is 2.15 bits per heavy atom. The minimum atomic E-state index is -1.32.